The van der Waals surface area contributed by atoms with Gasteiger partial charge in [0.1, 0.15) is 0 Å². The van der Waals surface area contributed by atoms with Crippen LogP contribution in [-0.4, -0.2) is 37.3 Å². The summed E-state index contributed by atoms with van der Waals surface area (Å²) in [5.74, 6) is -0.370. The Hall–Kier alpha value is -1.46. The van der Waals surface area contributed by atoms with Crippen LogP contribution in [0.15, 0.2) is 18.3 Å². The second-order valence-electron chi connectivity index (χ2n) is 4.34. The van der Waals surface area contributed by atoms with Gasteiger partial charge < -0.3 is 14.8 Å². The first-order chi connectivity index (χ1) is 8.79. The van der Waals surface area contributed by atoms with E-state index in [2.05, 4.69) is 15.0 Å². The van der Waals surface area contributed by atoms with E-state index in [0.29, 0.717) is 24.8 Å². The molecule has 0 saturated carbocycles. The molecule has 0 bridgehead atoms. The summed E-state index contributed by atoms with van der Waals surface area (Å²) >= 11 is 0. The maximum Gasteiger partial charge on any atom is 0.339 e. The lowest BCUT2D eigenvalue weighted by Crippen LogP contribution is -2.26. The van der Waals surface area contributed by atoms with E-state index >= 15 is 0 Å². The number of carbonyl (C=O) groups is 1. The number of rotatable bonds is 5. The highest BCUT2D eigenvalue weighted by Crippen LogP contribution is 2.07. The van der Waals surface area contributed by atoms with Gasteiger partial charge in [0.05, 0.1) is 31.6 Å². The molecule has 0 spiro atoms. The number of carbonyl (C=O) groups excluding carboxylic acids is 1. The molecule has 98 valence electrons. The number of aromatic nitrogens is 1. The monoisotopic (exact) mass is 250 g/mol. The highest BCUT2D eigenvalue weighted by atomic mass is 16.5. The minimum atomic E-state index is -0.370. The van der Waals surface area contributed by atoms with Gasteiger partial charge in [-0.05, 0) is 31.5 Å². The first kappa shape index (κ1) is 13.0. The van der Waals surface area contributed by atoms with Crippen molar-refractivity contribution in [2.45, 2.75) is 25.5 Å². The fourth-order valence-electron chi connectivity index (χ4n) is 1.95. The van der Waals surface area contributed by atoms with E-state index in [-0.39, 0.29) is 5.97 Å². The molecular formula is C13H18N2O3. The second kappa shape index (κ2) is 6.47. The molecule has 2 rings (SSSR count). The molecule has 5 nitrogen and oxygen atoms in total. The fourth-order valence-corrected chi connectivity index (χ4v) is 1.95. The molecule has 1 N–H and O–H groups in total. The minimum absolute atomic E-state index is 0.370. The summed E-state index contributed by atoms with van der Waals surface area (Å²) in [7, 11) is 1.36. The third kappa shape index (κ3) is 3.51. The van der Waals surface area contributed by atoms with Crippen LogP contribution >= 0.6 is 0 Å². The van der Waals surface area contributed by atoms with Crippen LogP contribution in [-0.2, 0) is 16.1 Å². The quantitative estimate of drug-likeness (QED) is 0.794. The first-order valence-corrected chi connectivity index (χ1v) is 6.14. The molecule has 1 fully saturated rings. The zero-order valence-electron chi connectivity index (χ0n) is 10.5. The SMILES string of the molecule is COC(=O)c1ccc(COCC2CCCN2)nc1. The zero-order valence-corrected chi connectivity index (χ0v) is 10.5. The Morgan fingerprint density at radius 3 is 3.06 bits per heavy atom. The Labute approximate surface area is 107 Å². The highest BCUT2D eigenvalue weighted by molar-refractivity contribution is 5.88. The minimum Gasteiger partial charge on any atom is -0.465 e. The van der Waals surface area contributed by atoms with Crippen molar-refractivity contribution in [1.82, 2.24) is 10.3 Å². The lowest BCUT2D eigenvalue weighted by molar-refractivity contribution is 0.0600. The molecule has 0 radical (unpaired) electrons. The Morgan fingerprint density at radius 1 is 1.56 bits per heavy atom. The van der Waals surface area contributed by atoms with Crippen LogP contribution in [0.25, 0.3) is 0 Å². The molecule has 5 heteroatoms. The van der Waals surface area contributed by atoms with Gasteiger partial charge in [-0.3, -0.25) is 4.98 Å². The van der Waals surface area contributed by atoms with E-state index in [9.17, 15) is 4.79 Å². The van der Waals surface area contributed by atoms with Crippen LogP contribution in [0.4, 0.5) is 0 Å². The molecule has 0 amide bonds. The van der Waals surface area contributed by atoms with Gasteiger partial charge in [-0.1, -0.05) is 0 Å². The summed E-state index contributed by atoms with van der Waals surface area (Å²) < 4.78 is 10.2. The molecular weight excluding hydrogens is 232 g/mol. The second-order valence-corrected chi connectivity index (χ2v) is 4.34. The zero-order chi connectivity index (χ0) is 12.8. The van der Waals surface area contributed by atoms with E-state index in [1.165, 1.54) is 26.1 Å². The highest BCUT2D eigenvalue weighted by Gasteiger charge is 2.13. The summed E-state index contributed by atoms with van der Waals surface area (Å²) in [6.45, 7) is 2.26. The van der Waals surface area contributed by atoms with Gasteiger partial charge in [0, 0.05) is 12.2 Å². The van der Waals surface area contributed by atoms with E-state index in [4.69, 9.17) is 4.74 Å². The van der Waals surface area contributed by atoms with Crippen molar-refractivity contribution < 1.29 is 14.3 Å². The molecule has 18 heavy (non-hydrogen) atoms. The van der Waals surface area contributed by atoms with Gasteiger partial charge in [0.15, 0.2) is 0 Å². The van der Waals surface area contributed by atoms with Gasteiger partial charge in [-0.2, -0.15) is 0 Å². The molecule has 2 heterocycles. The lowest BCUT2D eigenvalue weighted by Gasteiger charge is -2.10. The van der Waals surface area contributed by atoms with Crippen LogP contribution in [0, 0.1) is 0 Å². The number of nitrogens with one attached hydrogen (secondary N) is 1. The van der Waals surface area contributed by atoms with Crippen LogP contribution in [0.3, 0.4) is 0 Å². The van der Waals surface area contributed by atoms with E-state index in [0.717, 1.165) is 12.2 Å². The number of nitrogens with zero attached hydrogens (tertiary/aromatic N) is 1. The molecule has 1 unspecified atom stereocenters. The Kier molecular flexibility index (Phi) is 4.66. The molecule has 1 aliphatic heterocycles. The number of hydrogen-bond acceptors (Lipinski definition) is 5. The standard InChI is InChI=1S/C13H18N2O3/c1-17-13(16)10-4-5-12(15-7-10)9-18-8-11-3-2-6-14-11/h4-5,7,11,14H,2-3,6,8-9H2,1H3. The third-order valence-electron chi connectivity index (χ3n) is 2.98. The van der Waals surface area contributed by atoms with Crippen LogP contribution in [0.5, 0.6) is 0 Å². The largest absolute Gasteiger partial charge is 0.465 e. The van der Waals surface area contributed by atoms with Crippen molar-refractivity contribution in [2.24, 2.45) is 0 Å². The number of pyridine rings is 1. The molecule has 1 aromatic heterocycles. The van der Waals surface area contributed by atoms with Crippen molar-refractivity contribution >= 4 is 5.97 Å². The Morgan fingerprint density at radius 2 is 2.44 bits per heavy atom. The van der Waals surface area contributed by atoms with Gasteiger partial charge in [-0.15, -0.1) is 0 Å². The Balaban J connectivity index is 1.77. The number of esters is 1. The summed E-state index contributed by atoms with van der Waals surface area (Å²) in [6.07, 6.45) is 3.91. The van der Waals surface area contributed by atoms with Crippen molar-refractivity contribution in [3.63, 3.8) is 0 Å². The molecule has 1 aliphatic rings. The summed E-state index contributed by atoms with van der Waals surface area (Å²) in [4.78, 5) is 15.4. The van der Waals surface area contributed by atoms with Crippen LogP contribution < -0.4 is 5.32 Å². The van der Waals surface area contributed by atoms with E-state index in [1.807, 2.05) is 0 Å². The third-order valence-corrected chi connectivity index (χ3v) is 2.98. The van der Waals surface area contributed by atoms with E-state index < -0.39 is 0 Å². The average Bonchev–Trinajstić information content (AvgIpc) is 2.92. The maximum atomic E-state index is 11.2. The van der Waals surface area contributed by atoms with Gasteiger partial charge in [0.25, 0.3) is 0 Å². The average molecular weight is 250 g/mol. The van der Waals surface area contributed by atoms with Gasteiger partial charge in [-0.25, -0.2) is 4.79 Å². The summed E-state index contributed by atoms with van der Waals surface area (Å²) in [5, 5.41) is 3.37. The summed E-state index contributed by atoms with van der Waals surface area (Å²) in [5.41, 5.74) is 1.28. The predicted octanol–water partition coefficient (Wildman–Crippen LogP) is 1.14. The molecule has 1 aromatic rings. The van der Waals surface area contributed by atoms with Crippen molar-refractivity contribution in [3.8, 4) is 0 Å². The smallest absolute Gasteiger partial charge is 0.339 e. The van der Waals surface area contributed by atoms with Gasteiger partial charge >= 0.3 is 5.97 Å². The van der Waals surface area contributed by atoms with Gasteiger partial charge in [0.2, 0.25) is 0 Å². The van der Waals surface area contributed by atoms with Crippen LogP contribution in [0.1, 0.15) is 28.9 Å². The lowest BCUT2D eigenvalue weighted by atomic mass is 10.2. The van der Waals surface area contributed by atoms with Crippen LogP contribution in [0.2, 0.25) is 0 Å². The number of ether oxygens (including phenoxy) is 2. The van der Waals surface area contributed by atoms with Crippen molar-refractivity contribution in [2.75, 3.05) is 20.3 Å². The number of methoxy groups -OCH3 is 1. The molecule has 1 atom stereocenters. The Bertz CT molecular complexity index is 386. The number of hydrogen-bond donors (Lipinski definition) is 1. The van der Waals surface area contributed by atoms with Crippen molar-refractivity contribution in [3.05, 3.63) is 29.6 Å². The maximum absolute atomic E-state index is 11.2. The topological polar surface area (TPSA) is 60.5 Å². The van der Waals surface area contributed by atoms with E-state index in [1.54, 1.807) is 12.1 Å². The molecule has 1 saturated heterocycles. The first-order valence-electron chi connectivity index (χ1n) is 6.14. The molecule has 0 aliphatic carbocycles. The fraction of sp³-hybridized carbons (Fsp3) is 0.538. The normalized spacial score (nSPS) is 18.8. The van der Waals surface area contributed by atoms with Crippen molar-refractivity contribution in [1.29, 1.82) is 0 Å². The molecule has 0 aromatic carbocycles. The predicted molar refractivity (Wildman–Crippen MR) is 66.3 cm³/mol. The summed E-state index contributed by atoms with van der Waals surface area (Å²) in [6, 6.07) is 3.96.